The molecule has 0 bridgehead atoms. The second kappa shape index (κ2) is 4.04. The molecule has 0 aliphatic carbocycles. The minimum Gasteiger partial charge on any atom is -0.471 e. The predicted octanol–water partition coefficient (Wildman–Crippen LogP) is 1.86. The summed E-state index contributed by atoms with van der Waals surface area (Å²) in [6.07, 6.45) is 5.87. The summed E-state index contributed by atoms with van der Waals surface area (Å²) in [7, 11) is 0. The Morgan fingerprint density at radius 1 is 1.35 bits per heavy atom. The van der Waals surface area contributed by atoms with Crippen molar-refractivity contribution in [3.05, 3.63) is 30.6 Å². The first-order valence-electron chi connectivity index (χ1n) is 6.09. The molecule has 1 fully saturated rings. The number of aromatic nitrogens is 2. The van der Waals surface area contributed by atoms with E-state index in [1.807, 2.05) is 35.0 Å². The van der Waals surface area contributed by atoms with E-state index in [0.29, 0.717) is 0 Å². The van der Waals surface area contributed by atoms with Gasteiger partial charge >= 0.3 is 0 Å². The van der Waals surface area contributed by atoms with Crippen LogP contribution in [0.2, 0.25) is 0 Å². The van der Waals surface area contributed by atoms with Crippen LogP contribution in [-0.4, -0.2) is 28.1 Å². The first kappa shape index (κ1) is 10.6. The van der Waals surface area contributed by atoms with Crippen molar-refractivity contribution >= 4 is 5.65 Å². The molecule has 1 N–H and O–H groups in total. The Bertz CT molecular complexity index is 514. The molecule has 1 aliphatic heterocycles. The smallest absolute Gasteiger partial charge is 0.218 e. The van der Waals surface area contributed by atoms with E-state index < -0.39 is 0 Å². The zero-order valence-corrected chi connectivity index (χ0v) is 10.0. The summed E-state index contributed by atoms with van der Waals surface area (Å²) in [4.78, 5) is 4.34. The molecule has 2 aromatic heterocycles. The van der Waals surface area contributed by atoms with E-state index in [2.05, 4.69) is 17.2 Å². The minimum absolute atomic E-state index is 0.0724. The van der Waals surface area contributed by atoms with Crippen LogP contribution in [0.25, 0.3) is 5.65 Å². The number of fused-ring (bicyclic) bond motifs is 1. The Balaban J connectivity index is 1.89. The summed E-state index contributed by atoms with van der Waals surface area (Å²) in [5.74, 6) is 0.838. The number of hydrogen-bond donors (Lipinski definition) is 1. The third-order valence-electron chi connectivity index (χ3n) is 3.40. The van der Waals surface area contributed by atoms with E-state index in [1.54, 1.807) is 0 Å². The van der Waals surface area contributed by atoms with Crippen LogP contribution in [0.4, 0.5) is 0 Å². The quantitative estimate of drug-likeness (QED) is 0.857. The Morgan fingerprint density at radius 2 is 2.18 bits per heavy atom. The summed E-state index contributed by atoms with van der Waals surface area (Å²) < 4.78 is 8.15. The first-order valence-corrected chi connectivity index (χ1v) is 6.09. The van der Waals surface area contributed by atoms with Crippen molar-refractivity contribution in [2.45, 2.75) is 25.4 Å². The van der Waals surface area contributed by atoms with Crippen LogP contribution in [0.5, 0.6) is 5.88 Å². The highest BCUT2D eigenvalue weighted by molar-refractivity contribution is 5.41. The minimum atomic E-state index is -0.0724. The molecule has 4 nitrogen and oxygen atoms in total. The van der Waals surface area contributed by atoms with E-state index in [1.165, 1.54) is 0 Å². The van der Waals surface area contributed by atoms with Crippen LogP contribution < -0.4 is 10.1 Å². The fourth-order valence-electron chi connectivity index (χ4n) is 2.29. The molecule has 4 heteroatoms. The second-order valence-electron chi connectivity index (χ2n) is 4.83. The number of hydrogen-bond acceptors (Lipinski definition) is 3. The number of ether oxygens (including phenoxy) is 1. The molecule has 3 heterocycles. The largest absolute Gasteiger partial charge is 0.471 e. The van der Waals surface area contributed by atoms with Crippen molar-refractivity contribution in [3.63, 3.8) is 0 Å². The Kier molecular flexibility index (Phi) is 2.52. The zero-order valence-electron chi connectivity index (χ0n) is 10.0. The van der Waals surface area contributed by atoms with Crippen molar-refractivity contribution < 1.29 is 4.74 Å². The van der Waals surface area contributed by atoms with Crippen molar-refractivity contribution in [2.75, 3.05) is 13.1 Å². The maximum Gasteiger partial charge on any atom is 0.218 e. The number of rotatable bonds is 2. The Morgan fingerprint density at radius 3 is 3.00 bits per heavy atom. The highest BCUT2D eigenvalue weighted by Gasteiger charge is 2.29. The lowest BCUT2D eigenvalue weighted by atomic mass is 9.95. The van der Waals surface area contributed by atoms with Crippen molar-refractivity contribution in [1.82, 2.24) is 14.7 Å². The molecule has 1 aliphatic rings. The molecule has 0 spiro atoms. The van der Waals surface area contributed by atoms with Gasteiger partial charge in [0.15, 0.2) is 0 Å². The fourth-order valence-corrected chi connectivity index (χ4v) is 2.29. The standard InChI is InChI=1S/C13H17N3O/c1-13(5-7-14-8-6-13)17-12-10-15-11-4-2-3-9-16(11)12/h2-4,9-10,14H,5-8H2,1H3. The van der Waals surface area contributed by atoms with Gasteiger partial charge in [0, 0.05) is 6.20 Å². The van der Waals surface area contributed by atoms with Crippen LogP contribution in [-0.2, 0) is 0 Å². The summed E-state index contributed by atoms with van der Waals surface area (Å²) in [5, 5.41) is 3.35. The zero-order chi connectivity index (χ0) is 11.7. The van der Waals surface area contributed by atoms with E-state index in [4.69, 9.17) is 4.74 Å². The number of nitrogens with one attached hydrogen (secondary N) is 1. The molecular formula is C13H17N3O. The van der Waals surface area contributed by atoms with Gasteiger partial charge in [0.25, 0.3) is 0 Å². The monoisotopic (exact) mass is 231 g/mol. The fraction of sp³-hybridized carbons (Fsp3) is 0.462. The number of piperidine rings is 1. The van der Waals surface area contributed by atoms with Gasteiger partial charge in [-0.1, -0.05) is 6.07 Å². The number of imidazole rings is 1. The highest BCUT2D eigenvalue weighted by Crippen LogP contribution is 2.26. The molecule has 0 radical (unpaired) electrons. The molecule has 1 saturated heterocycles. The predicted molar refractivity (Wildman–Crippen MR) is 66.3 cm³/mol. The molecule has 0 amide bonds. The SMILES string of the molecule is CC1(Oc2cnc3ccccn23)CCNCC1. The topological polar surface area (TPSA) is 38.6 Å². The molecule has 3 rings (SSSR count). The molecule has 0 saturated carbocycles. The summed E-state index contributed by atoms with van der Waals surface area (Å²) in [6, 6.07) is 5.96. The molecule has 17 heavy (non-hydrogen) atoms. The van der Waals surface area contributed by atoms with E-state index >= 15 is 0 Å². The molecule has 0 atom stereocenters. The molecular weight excluding hydrogens is 214 g/mol. The van der Waals surface area contributed by atoms with E-state index in [0.717, 1.165) is 37.5 Å². The summed E-state index contributed by atoms with van der Waals surface area (Å²) >= 11 is 0. The second-order valence-corrected chi connectivity index (χ2v) is 4.83. The Hall–Kier alpha value is -1.55. The Labute approximate surface area is 101 Å². The van der Waals surface area contributed by atoms with Gasteiger partial charge < -0.3 is 10.1 Å². The molecule has 90 valence electrons. The lowest BCUT2D eigenvalue weighted by molar-refractivity contribution is 0.0499. The van der Waals surface area contributed by atoms with Gasteiger partial charge in [0.2, 0.25) is 5.88 Å². The lowest BCUT2D eigenvalue weighted by Crippen LogP contribution is -2.44. The highest BCUT2D eigenvalue weighted by atomic mass is 16.5. The van der Waals surface area contributed by atoms with Gasteiger partial charge in [-0.25, -0.2) is 4.98 Å². The van der Waals surface area contributed by atoms with Gasteiger partial charge in [0.1, 0.15) is 11.2 Å². The first-order chi connectivity index (χ1) is 8.27. The van der Waals surface area contributed by atoms with Gasteiger partial charge in [-0.05, 0) is 45.0 Å². The van der Waals surface area contributed by atoms with Gasteiger partial charge in [-0.15, -0.1) is 0 Å². The van der Waals surface area contributed by atoms with Crippen molar-refractivity contribution in [2.24, 2.45) is 0 Å². The van der Waals surface area contributed by atoms with Crippen LogP contribution in [0.1, 0.15) is 19.8 Å². The van der Waals surface area contributed by atoms with Crippen LogP contribution >= 0.6 is 0 Å². The third kappa shape index (κ3) is 2.00. The maximum atomic E-state index is 6.16. The van der Waals surface area contributed by atoms with Crippen molar-refractivity contribution in [3.8, 4) is 5.88 Å². The summed E-state index contributed by atoms with van der Waals surface area (Å²) in [5.41, 5.74) is 0.858. The number of pyridine rings is 1. The average molecular weight is 231 g/mol. The van der Waals surface area contributed by atoms with E-state index in [-0.39, 0.29) is 5.60 Å². The molecule has 0 unspecified atom stereocenters. The van der Waals surface area contributed by atoms with Gasteiger partial charge in [-0.2, -0.15) is 0 Å². The van der Waals surface area contributed by atoms with Crippen LogP contribution in [0.15, 0.2) is 30.6 Å². The molecule has 0 aromatic carbocycles. The normalized spacial score (nSPS) is 19.4. The molecule has 2 aromatic rings. The lowest BCUT2D eigenvalue weighted by Gasteiger charge is -2.34. The van der Waals surface area contributed by atoms with Crippen LogP contribution in [0, 0.1) is 0 Å². The van der Waals surface area contributed by atoms with Gasteiger partial charge in [-0.3, -0.25) is 4.40 Å². The van der Waals surface area contributed by atoms with E-state index in [9.17, 15) is 0 Å². The van der Waals surface area contributed by atoms with Crippen molar-refractivity contribution in [1.29, 1.82) is 0 Å². The summed E-state index contributed by atoms with van der Waals surface area (Å²) in [6.45, 7) is 4.22. The maximum absolute atomic E-state index is 6.16. The third-order valence-corrected chi connectivity index (χ3v) is 3.40. The van der Waals surface area contributed by atoms with Crippen LogP contribution in [0.3, 0.4) is 0 Å². The van der Waals surface area contributed by atoms with Gasteiger partial charge in [0.05, 0.1) is 6.20 Å². The number of nitrogens with zero attached hydrogens (tertiary/aromatic N) is 2. The average Bonchev–Trinajstić information content (AvgIpc) is 2.73.